The second-order valence-corrected chi connectivity index (χ2v) is 7.84. The standard InChI is InChI=1S/C22H21N9O/c1-14-3-4-16-17(13-14)31(28-27-16)22-25-20-18(21(26-22)30-9-11-32-12-10-30)24-19(29(20)2)15-5-7-23-8-6-15/h3-8,13H,9-12H2,1-2H3. The highest BCUT2D eigenvalue weighted by molar-refractivity contribution is 5.88. The van der Waals surface area contributed by atoms with Crippen LogP contribution in [-0.4, -0.2) is 65.8 Å². The van der Waals surface area contributed by atoms with Crippen LogP contribution in [0.2, 0.25) is 0 Å². The van der Waals surface area contributed by atoms with E-state index in [0.717, 1.165) is 58.1 Å². The van der Waals surface area contributed by atoms with E-state index in [2.05, 4.69) is 20.2 Å². The molecule has 0 unspecified atom stereocenters. The summed E-state index contributed by atoms with van der Waals surface area (Å²) in [6, 6.07) is 9.91. The van der Waals surface area contributed by atoms with E-state index in [-0.39, 0.29) is 0 Å². The van der Waals surface area contributed by atoms with Crippen LogP contribution in [0, 0.1) is 6.92 Å². The zero-order chi connectivity index (χ0) is 21.7. The van der Waals surface area contributed by atoms with Crippen LogP contribution in [0.15, 0.2) is 42.7 Å². The Morgan fingerprint density at radius 3 is 2.59 bits per heavy atom. The summed E-state index contributed by atoms with van der Waals surface area (Å²) in [5.41, 5.74) is 5.25. The number of rotatable bonds is 3. The Morgan fingerprint density at radius 2 is 1.78 bits per heavy atom. The van der Waals surface area contributed by atoms with Crippen molar-refractivity contribution < 1.29 is 4.74 Å². The zero-order valence-electron chi connectivity index (χ0n) is 17.8. The van der Waals surface area contributed by atoms with E-state index in [4.69, 9.17) is 19.7 Å². The third-order valence-electron chi connectivity index (χ3n) is 5.73. The van der Waals surface area contributed by atoms with Crippen molar-refractivity contribution in [2.24, 2.45) is 7.05 Å². The monoisotopic (exact) mass is 427 g/mol. The molecular formula is C22H21N9O. The van der Waals surface area contributed by atoms with Crippen molar-refractivity contribution in [2.45, 2.75) is 6.92 Å². The summed E-state index contributed by atoms with van der Waals surface area (Å²) in [4.78, 5) is 21.1. The number of anilines is 1. The Kier molecular flexibility index (Phi) is 4.32. The minimum atomic E-state index is 0.469. The molecule has 10 nitrogen and oxygen atoms in total. The summed E-state index contributed by atoms with van der Waals surface area (Å²) in [6.45, 7) is 4.82. The van der Waals surface area contributed by atoms with Gasteiger partial charge in [0, 0.05) is 38.1 Å². The van der Waals surface area contributed by atoms with Crippen molar-refractivity contribution in [2.75, 3.05) is 31.2 Å². The Bertz CT molecular complexity index is 1430. The van der Waals surface area contributed by atoms with E-state index in [1.54, 1.807) is 17.1 Å². The number of benzene rings is 1. The molecule has 0 bridgehead atoms. The number of imidazole rings is 1. The topological polar surface area (TPSA) is 99.7 Å². The predicted octanol–water partition coefficient (Wildman–Crippen LogP) is 2.30. The average molecular weight is 427 g/mol. The van der Waals surface area contributed by atoms with Gasteiger partial charge in [0.15, 0.2) is 17.0 Å². The van der Waals surface area contributed by atoms with E-state index < -0.39 is 0 Å². The van der Waals surface area contributed by atoms with Gasteiger partial charge in [-0.05, 0) is 36.8 Å². The first-order valence-corrected chi connectivity index (χ1v) is 10.5. The van der Waals surface area contributed by atoms with Gasteiger partial charge in [-0.25, -0.2) is 4.98 Å². The normalized spacial score (nSPS) is 14.5. The number of fused-ring (bicyclic) bond motifs is 2. The lowest BCUT2D eigenvalue weighted by Gasteiger charge is -2.28. The molecule has 0 N–H and O–H groups in total. The molecule has 0 atom stereocenters. The van der Waals surface area contributed by atoms with Crippen LogP contribution in [-0.2, 0) is 11.8 Å². The van der Waals surface area contributed by atoms with E-state index in [0.29, 0.717) is 19.2 Å². The predicted molar refractivity (Wildman–Crippen MR) is 120 cm³/mol. The maximum atomic E-state index is 5.56. The van der Waals surface area contributed by atoms with Crippen molar-refractivity contribution in [3.8, 4) is 17.3 Å². The Labute approximate surface area is 183 Å². The summed E-state index contributed by atoms with van der Waals surface area (Å²) in [5, 5.41) is 8.66. The molecule has 0 amide bonds. The van der Waals surface area contributed by atoms with Crippen molar-refractivity contribution >= 4 is 28.0 Å². The first-order chi connectivity index (χ1) is 15.7. The molecule has 0 saturated carbocycles. The smallest absolute Gasteiger partial charge is 0.256 e. The maximum Gasteiger partial charge on any atom is 0.256 e. The molecule has 10 heteroatoms. The number of pyridine rings is 1. The summed E-state index contributed by atoms with van der Waals surface area (Å²) in [7, 11) is 1.97. The lowest BCUT2D eigenvalue weighted by Crippen LogP contribution is -2.37. The number of aromatic nitrogens is 8. The van der Waals surface area contributed by atoms with E-state index in [9.17, 15) is 0 Å². The minimum Gasteiger partial charge on any atom is -0.378 e. The zero-order valence-corrected chi connectivity index (χ0v) is 17.8. The molecule has 160 valence electrons. The molecule has 1 aromatic carbocycles. The molecular weight excluding hydrogens is 406 g/mol. The lowest BCUT2D eigenvalue weighted by atomic mass is 10.2. The fourth-order valence-electron chi connectivity index (χ4n) is 4.06. The highest BCUT2D eigenvalue weighted by Gasteiger charge is 2.24. The van der Waals surface area contributed by atoms with Gasteiger partial charge >= 0.3 is 0 Å². The molecule has 0 spiro atoms. The van der Waals surface area contributed by atoms with Crippen LogP contribution in [0.25, 0.3) is 39.5 Å². The molecule has 1 saturated heterocycles. The van der Waals surface area contributed by atoms with Gasteiger partial charge in [-0.15, -0.1) is 5.10 Å². The number of hydrogen-bond donors (Lipinski definition) is 0. The summed E-state index contributed by atoms with van der Waals surface area (Å²) >= 11 is 0. The third kappa shape index (κ3) is 2.99. The number of nitrogens with zero attached hydrogens (tertiary/aromatic N) is 9. The van der Waals surface area contributed by atoms with Crippen LogP contribution >= 0.6 is 0 Å². The minimum absolute atomic E-state index is 0.469. The van der Waals surface area contributed by atoms with Crippen LogP contribution in [0.5, 0.6) is 0 Å². The fourth-order valence-corrected chi connectivity index (χ4v) is 4.06. The van der Waals surface area contributed by atoms with Crippen molar-refractivity contribution in [3.05, 3.63) is 48.3 Å². The van der Waals surface area contributed by atoms with Gasteiger partial charge in [0.05, 0.1) is 18.7 Å². The Hall–Kier alpha value is -3.92. The Balaban J connectivity index is 1.61. The molecule has 5 heterocycles. The first kappa shape index (κ1) is 18.8. The molecule has 4 aromatic heterocycles. The van der Waals surface area contributed by atoms with Crippen LogP contribution in [0.4, 0.5) is 5.82 Å². The van der Waals surface area contributed by atoms with E-state index >= 15 is 0 Å². The van der Waals surface area contributed by atoms with Gasteiger partial charge in [-0.1, -0.05) is 11.3 Å². The summed E-state index contributed by atoms with van der Waals surface area (Å²) < 4.78 is 9.25. The number of ether oxygens (including phenoxy) is 1. The SMILES string of the molecule is Cc1ccc2nnn(-c3nc(N4CCOCC4)c4nc(-c5ccncc5)n(C)c4n3)c2c1. The number of morpholine rings is 1. The summed E-state index contributed by atoms with van der Waals surface area (Å²) in [5.74, 6) is 2.06. The molecule has 32 heavy (non-hydrogen) atoms. The van der Waals surface area contributed by atoms with E-state index in [1.165, 1.54) is 0 Å². The molecule has 1 fully saturated rings. The van der Waals surface area contributed by atoms with Gasteiger partial charge in [-0.3, -0.25) is 4.98 Å². The number of aryl methyl sites for hydroxylation is 2. The van der Waals surface area contributed by atoms with Crippen molar-refractivity contribution in [1.29, 1.82) is 0 Å². The Morgan fingerprint density at radius 1 is 0.969 bits per heavy atom. The highest BCUT2D eigenvalue weighted by Crippen LogP contribution is 2.30. The quantitative estimate of drug-likeness (QED) is 0.432. The van der Waals surface area contributed by atoms with Gasteiger partial charge in [-0.2, -0.15) is 14.6 Å². The lowest BCUT2D eigenvalue weighted by molar-refractivity contribution is 0.122. The van der Waals surface area contributed by atoms with Crippen LogP contribution in [0.3, 0.4) is 0 Å². The average Bonchev–Trinajstić information content (AvgIpc) is 3.40. The van der Waals surface area contributed by atoms with Crippen LogP contribution < -0.4 is 4.90 Å². The van der Waals surface area contributed by atoms with Gasteiger partial charge in [0.2, 0.25) is 0 Å². The van der Waals surface area contributed by atoms with Gasteiger partial charge in [0.25, 0.3) is 5.95 Å². The number of hydrogen-bond acceptors (Lipinski definition) is 8. The third-order valence-corrected chi connectivity index (χ3v) is 5.73. The fraction of sp³-hybridized carbons (Fsp3) is 0.273. The molecule has 1 aliphatic rings. The highest BCUT2D eigenvalue weighted by atomic mass is 16.5. The summed E-state index contributed by atoms with van der Waals surface area (Å²) in [6.07, 6.45) is 3.52. The van der Waals surface area contributed by atoms with Gasteiger partial charge < -0.3 is 14.2 Å². The maximum absolute atomic E-state index is 5.56. The second kappa shape index (κ2) is 7.34. The van der Waals surface area contributed by atoms with E-state index in [1.807, 2.05) is 48.9 Å². The van der Waals surface area contributed by atoms with Crippen molar-refractivity contribution in [3.63, 3.8) is 0 Å². The van der Waals surface area contributed by atoms with Crippen molar-refractivity contribution in [1.82, 2.24) is 39.5 Å². The molecule has 5 aromatic rings. The first-order valence-electron chi connectivity index (χ1n) is 10.5. The molecule has 0 aliphatic carbocycles. The molecule has 0 radical (unpaired) electrons. The molecule has 6 rings (SSSR count). The second-order valence-electron chi connectivity index (χ2n) is 7.84. The van der Waals surface area contributed by atoms with Gasteiger partial charge in [0.1, 0.15) is 11.3 Å². The molecule has 1 aliphatic heterocycles. The van der Waals surface area contributed by atoms with Crippen LogP contribution in [0.1, 0.15) is 5.56 Å². The largest absolute Gasteiger partial charge is 0.378 e.